The molecule has 2 aromatic carbocycles. The minimum Gasteiger partial charge on any atom is -0.497 e. The van der Waals surface area contributed by atoms with E-state index in [2.05, 4.69) is 4.72 Å². The lowest BCUT2D eigenvalue weighted by Gasteiger charge is -2.11. The molecule has 0 aliphatic carbocycles. The van der Waals surface area contributed by atoms with Gasteiger partial charge in [0, 0.05) is 6.07 Å². The molecule has 0 saturated carbocycles. The Labute approximate surface area is 120 Å². The van der Waals surface area contributed by atoms with Gasteiger partial charge in [-0.1, -0.05) is 6.07 Å². The molecule has 0 atom stereocenters. The fraction of sp³-hybridized carbons (Fsp3) is 0.0769. The Hall–Kier alpha value is -2.35. The van der Waals surface area contributed by atoms with Gasteiger partial charge in [-0.15, -0.1) is 0 Å². The van der Waals surface area contributed by atoms with Crippen molar-refractivity contribution in [3.8, 4) is 5.75 Å². The van der Waals surface area contributed by atoms with Crippen molar-refractivity contribution in [2.45, 2.75) is 4.90 Å². The van der Waals surface area contributed by atoms with Crippen molar-refractivity contribution in [2.75, 3.05) is 17.6 Å². The first-order valence-corrected chi connectivity index (χ1v) is 7.24. The summed E-state index contributed by atoms with van der Waals surface area (Å²) >= 11 is 0. The van der Waals surface area contributed by atoms with Crippen molar-refractivity contribution >= 4 is 21.4 Å². The van der Waals surface area contributed by atoms with Crippen LogP contribution in [0.25, 0.3) is 0 Å². The highest BCUT2D eigenvalue weighted by molar-refractivity contribution is 7.92. The maximum absolute atomic E-state index is 13.8. The summed E-state index contributed by atoms with van der Waals surface area (Å²) in [6, 6.07) is 7.66. The zero-order valence-electron chi connectivity index (χ0n) is 10.9. The molecule has 0 amide bonds. The van der Waals surface area contributed by atoms with Gasteiger partial charge in [-0.2, -0.15) is 0 Å². The average molecular weight is 314 g/mol. The number of methoxy groups -OCH3 is 1. The number of halogens is 2. The van der Waals surface area contributed by atoms with Gasteiger partial charge in [0.15, 0.2) is 5.82 Å². The molecule has 3 N–H and O–H groups in total. The van der Waals surface area contributed by atoms with Crippen molar-refractivity contribution in [2.24, 2.45) is 0 Å². The zero-order chi connectivity index (χ0) is 15.6. The van der Waals surface area contributed by atoms with Crippen molar-refractivity contribution in [3.05, 3.63) is 48.0 Å². The Morgan fingerprint density at radius 1 is 1.19 bits per heavy atom. The van der Waals surface area contributed by atoms with Crippen molar-refractivity contribution in [3.63, 3.8) is 0 Å². The van der Waals surface area contributed by atoms with Gasteiger partial charge >= 0.3 is 0 Å². The highest BCUT2D eigenvalue weighted by Crippen LogP contribution is 2.25. The molecule has 2 aromatic rings. The number of sulfonamides is 1. The van der Waals surface area contributed by atoms with Gasteiger partial charge < -0.3 is 10.5 Å². The van der Waals surface area contributed by atoms with Gasteiger partial charge in [-0.3, -0.25) is 4.72 Å². The minimum atomic E-state index is -4.24. The smallest absolute Gasteiger partial charge is 0.264 e. The number of nitrogens with one attached hydrogen (secondary N) is 1. The van der Waals surface area contributed by atoms with E-state index in [0.29, 0.717) is 5.75 Å². The van der Waals surface area contributed by atoms with Crippen LogP contribution in [-0.2, 0) is 10.0 Å². The van der Waals surface area contributed by atoms with Crippen molar-refractivity contribution in [1.29, 1.82) is 0 Å². The number of nitrogen functional groups attached to an aromatic ring is 1. The molecule has 0 aromatic heterocycles. The first-order chi connectivity index (χ1) is 9.85. The van der Waals surface area contributed by atoms with Gasteiger partial charge in [0.1, 0.15) is 22.1 Å². The summed E-state index contributed by atoms with van der Waals surface area (Å²) in [6.45, 7) is 0. The summed E-state index contributed by atoms with van der Waals surface area (Å²) in [5, 5.41) is 0. The Balaban J connectivity index is 2.41. The van der Waals surface area contributed by atoms with Crippen LogP contribution in [0.15, 0.2) is 41.3 Å². The lowest BCUT2D eigenvalue weighted by Crippen LogP contribution is -2.16. The SMILES string of the molecule is COc1cccc(NS(=O)(=O)c2ccc(F)c(N)c2F)c1. The first-order valence-electron chi connectivity index (χ1n) is 5.75. The molecule has 0 aliphatic heterocycles. The largest absolute Gasteiger partial charge is 0.497 e. The number of ether oxygens (including phenoxy) is 1. The highest BCUT2D eigenvalue weighted by Gasteiger charge is 2.22. The van der Waals surface area contributed by atoms with Gasteiger partial charge in [-0.05, 0) is 24.3 Å². The molecule has 0 heterocycles. The van der Waals surface area contributed by atoms with Crippen LogP contribution < -0.4 is 15.2 Å². The molecule has 112 valence electrons. The van der Waals surface area contributed by atoms with E-state index in [4.69, 9.17) is 10.5 Å². The van der Waals surface area contributed by atoms with E-state index < -0.39 is 32.2 Å². The highest BCUT2D eigenvalue weighted by atomic mass is 32.2. The molecule has 0 saturated heterocycles. The predicted octanol–water partition coefficient (Wildman–Crippen LogP) is 2.36. The Kier molecular flexibility index (Phi) is 3.99. The molecule has 0 spiro atoms. The molecule has 8 heteroatoms. The number of anilines is 2. The average Bonchev–Trinajstić information content (AvgIpc) is 2.44. The van der Waals surface area contributed by atoms with Crippen LogP contribution in [0.5, 0.6) is 5.75 Å². The van der Waals surface area contributed by atoms with E-state index >= 15 is 0 Å². The van der Waals surface area contributed by atoms with Crippen molar-refractivity contribution < 1.29 is 21.9 Å². The third-order valence-electron chi connectivity index (χ3n) is 2.70. The van der Waals surface area contributed by atoms with Gasteiger partial charge in [-0.25, -0.2) is 17.2 Å². The maximum atomic E-state index is 13.8. The van der Waals surface area contributed by atoms with Crippen LogP contribution in [0.2, 0.25) is 0 Å². The minimum absolute atomic E-state index is 0.177. The second-order valence-electron chi connectivity index (χ2n) is 4.11. The molecule has 0 bridgehead atoms. The van der Waals surface area contributed by atoms with Gasteiger partial charge in [0.25, 0.3) is 10.0 Å². The van der Waals surface area contributed by atoms with E-state index in [1.165, 1.54) is 19.2 Å². The molecular weight excluding hydrogens is 302 g/mol. The topological polar surface area (TPSA) is 81.4 Å². The van der Waals surface area contributed by atoms with Crippen LogP contribution >= 0.6 is 0 Å². The molecule has 0 unspecified atom stereocenters. The van der Waals surface area contributed by atoms with Crippen LogP contribution in [0.3, 0.4) is 0 Å². The Morgan fingerprint density at radius 3 is 2.57 bits per heavy atom. The molecule has 2 rings (SSSR count). The summed E-state index contributed by atoms with van der Waals surface area (Å²) in [5.74, 6) is -1.92. The van der Waals surface area contributed by atoms with Crippen LogP contribution in [-0.4, -0.2) is 15.5 Å². The summed E-state index contributed by atoms with van der Waals surface area (Å²) < 4.78 is 58.2. The van der Waals surface area contributed by atoms with Crippen LogP contribution in [0, 0.1) is 11.6 Å². The lowest BCUT2D eigenvalue weighted by atomic mass is 10.3. The third-order valence-corrected chi connectivity index (χ3v) is 4.10. The van der Waals surface area contributed by atoms with Gasteiger partial charge in [0.2, 0.25) is 0 Å². The number of hydrogen-bond donors (Lipinski definition) is 2. The summed E-state index contributed by atoms with van der Waals surface area (Å²) in [5.41, 5.74) is 4.49. The molecule has 5 nitrogen and oxygen atoms in total. The Morgan fingerprint density at radius 2 is 1.90 bits per heavy atom. The molecule has 0 aliphatic rings. The lowest BCUT2D eigenvalue weighted by molar-refractivity contribution is 0.415. The fourth-order valence-corrected chi connectivity index (χ4v) is 2.79. The first kappa shape index (κ1) is 15.0. The molecular formula is C13H12F2N2O3S. The van der Waals surface area contributed by atoms with E-state index in [1.807, 2.05) is 0 Å². The zero-order valence-corrected chi connectivity index (χ0v) is 11.7. The standard InChI is InChI=1S/C13H12F2N2O3S/c1-20-9-4-2-3-8(7-9)17-21(18,19)11-6-5-10(14)13(16)12(11)15/h2-7,17H,16H2,1H3. The van der Waals surface area contributed by atoms with Crippen molar-refractivity contribution in [1.82, 2.24) is 0 Å². The van der Waals surface area contributed by atoms with E-state index in [0.717, 1.165) is 12.1 Å². The molecule has 0 fully saturated rings. The third kappa shape index (κ3) is 3.05. The Bertz CT molecular complexity index is 779. The quantitative estimate of drug-likeness (QED) is 0.849. The monoisotopic (exact) mass is 314 g/mol. The summed E-state index contributed by atoms with van der Waals surface area (Å²) in [7, 11) is -2.81. The molecule has 0 radical (unpaired) electrons. The summed E-state index contributed by atoms with van der Waals surface area (Å²) in [4.78, 5) is -0.732. The second-order valence-corrected chi connectivity index (χ2v) is 5.76. The fourth-order valence-electron chi connectivity index (χ4n) is 1.65. The molecule has 21 heavy (non-hydrogen) atoms. The van der Waals surface area contributed by atoms with Crippen LogP contribution in [0.1, 0.15) is 0 Å². The number of nitrogens with two attached hydrogens (primary N) is 1. The summed E-state index contributed by atoms with van der Waals surface area (Å²) in [6.07, 6.45) is 0. The predicted molar refractivity (Wildman–Crippen MR) is 74.6 cm³/mol. The maximum Gasteiger partial charge on any atom is 0.264 e. The number of rotatable bonds is 4. The second kappa shape index (κ2) is 5.57. The van der Waals surface area contributed by atoms with E-state index in [9.17, 15) is 17.2 Å². The van der Waals surface area contributed by atoms with E-state index in [-0.39, 0.29) is 5.69 Å². The normalized spacial score (nSPS) is 11.2. The number of benzene rings is 2. The number of hydrogen-bond acceptors (Lipinski definition) is 4. The van der Waals surface area contributed by atoms with Crippen LogP contribution in [0.4, 0.5) is 20.2 Å². The van der Waals surface area contributed by atoms with E-state index in [1.54, 1.807) is 12.1 Å². The van der Waals surface area contributed by atoms with Gasteiger partial charge in [0.05, 0.1) is 12.8 Å².